The first-order valence-electron chi connectivity index (χ1n) is 8.55. The highest BCUT2D eigenvalue weighted by molar-refractivity contribution is 7.09. The van der Waals surface area contributed by atoms with Crippen LogP contribution in [0.5, 0.6) is 0 Å². The van der Waals surface area contributed by atoms with Crippen LogP contribution in [0.25, 0.3) is 0 Å². The number of urea groups is 1. The summed E-state index contributed by atoms with van der Waals surface area (Å²) in [5.41, 5.74) is 1.14. The lowest BCUT2D eigenvalue weighted by molar-refractivity contribution is -0.108. The van der Waals surface area contributed by atoms with E-state index in [9.17, 15) is 4.79 Å². The zero-order valence-electron chi connectivity index (χ0n) is 14.2. The van der Waals surface area contributed by atoms with E-state index in [1.54, 1.807) is 11.3 Å². The van der Waals surface area contributed by atoms with Crippen molar-refractivity contribution in [3.05, 3.63) is 16.1 Å². The fourth-order valence-corrected chi connectivity index (χ4v) is 4.75. The average molecular weight is 337 g/mol. The van der Waals surface area contributed by atoms with Gasteiger partial charge in [-0.2, -0.15) is 0 Å². The molecule has 2 amide bonds. The third kappa shape index (κ3) is 3.53. The van der Waals surface area contributed by atoms with Gasteiger partial charge in [0, 0.05) is 41.6 Å². The van der Waals surface area contributed by atoms with Gasteiger partial charge in [0.05, 0.1) is 11.1 Å². The lowest BCUT2D eigenvalue weighted by atomic mass is 9.57. The van der Waals surface area contributed by atoms with Gasteiger partial charge >= 0.3 is 6.03 Å². The molecule has 1 aliphatic carbocycles. The number of carbonyl (C=O) groups is 1. The SMILES string of the molecule is Cc1csc(CCCCNC(=O)N[C@@H]2[C@H]3CCO[C@H]3C2(C)C)n1. The molecule has 23 heavy (non-hydrogen) atoms. The van der Waals surface area contributed by atoms with Crippen LogP contribution in [0.2, 0.25) is 0 Å². The Balaban J connectivity index is 1.32. The monoisotopic (exact) mass is 337 g/mol. The molecule has 1 saturated heterocycles. The van der Waals surface area contributed by atoms with Crippen LogP contribution < -0.4 is 10.6 Å². The molecule has 128 valence electrons. The molecule has 1 aromatic heterocycles. The standard InChI is InChI=1S/C17H27N3O2S/c1-11-10-23-13(19-11)6-4-5-8-18-16(21)20-14-12-7-9-22-15(12)17(14,2)3/h10,12,14-15H,4-9H2,1-3H3,(H2,18,20,21)/t12-,14-,15-/m1/s1. The number of amides is 2. The minimum absolute atomic E-state index is 0.0429. The van der Waals surface area contributed by atoms with Crippen molar-refractivity contribution in [2.24, 2.45) is 11.3 Å². The molecule has 3 atom stereocenters. The van der Waals surface area contributed by atoms with E-state index in [-0.39, 0.29) is 17.5 Å². The van der Waals surface area contributed by atoms with Gasteiger partial charge in [-0.3, -0.25) is 0 Å². The van der Waals surface area contributed by atoms with Crippen molar-refractivity contribution in [2.75, 3.05) is 13.2 Å². The number of nitrogens with one attached hydrogen (secondary N) is 2. The van der Waals surface area contributed by atoms with E-state index in [2.05, 4.69) is 34.8 Å². The molecule has 0 bridgehead atoms. The van der Waals surface area contributed by atoms with Gasteiger partial charge in [0.2, 0.25) is 0 Å². The Morgan fingerprint density at radius 3 is 3.04 bits per heavy atom. The maximum absolute atomic E-state index is 12.1. The topological polar surface area (TPSA) is 63.2 Å². The van der Waals surface area contributed by atoms with E-state index in [0.29, 0.717) is 18.6 Å². The number of thiazole rings is 1. The zero-order chi connectivity index (χ0) is 16.4. The van der Waals surface area contributed by atoms with Crippen LogP contribution in [0.3, 0.4) is 0 Å². The number of unbranched alkanes of at least 4 members (excludes halogenated alkanes) is 1. The third-order valence-corrected chi connectivity index (χ3v) is 6.18. The van der Waals surface area contributed by atoms with Gasteiger partial charge in [-0.15, -0.1) is 11.3 Å². The van der Waals surface area contributed by atoms with Crippen molar-refractivity contribution in [3.63, 3.8) is 0 Å². The molecule has 2 aliphatic rings. The first-order valence-corrected chi connectivity index (χ1v) is 9.43. The summed E-state index contributed by atoms with van der Waals surface area (Å²) in [5.74, 6) is 0.490. The summed E-state index contributed by atoms with van der Waals surface area (Å²) in [6.07, 6.45) is 4.41. The lowest BCUT2D eigenvalue weighted by Gasteiger charge is -2.54. The van der Waals surface area contributed by atoms with Gasteiger partial charge in [-0.1, -0.05) is 13.8 Å². The molecule has 2 heterocycles. The summed E-state index contributed by atoms with van der Waals surface area (Å²) in [7, 11) is 0. The van der Waals surface area contributed by atoms with E-state index in [1.165, 1.54) is 5.01 Å². The summed E-state index contributed by atoms with van der Waals surface area (Å²) < 4.78 is 5.76. The number of aryl methyl sites for hydroxylation is 2. The van der Waals surface area contributed by atoms with E-state index in [1.807, 2.05) is 6.92 Å². The number of aromatic nitrogens is 1. The average Bonchev–Trinajstić information content (AvgIpc) is 3.12. The van der Waals surface area contributed by atoms with E-state index in [4.69, 9.17) is 4.74 Å². The molecule has 1 aromatic rings. The normalized spacial score (nSPS) is 28.0. The number of carbonyl (C=O) groups excluding carboxylic acids is 1. The Kier molecular flexibility index (Phi) is 4.92. The second-order valence-electron chi connectivity index (χ2n) is 7.28. The molecule has 2 fully saturated rings. The Labute approximate surface area is 142 Å². The van der Waals surface area contributed by atoms with Crippen LogP contribution in [-0.4, -0.2) is 36.3 Å². The Bertz CT molecular complexity index is 558. The van der Waals surface area contributed by atoms with Crippen LogP contribution >= 0.6 is 11.3 Å². The molecule has 0 radical (unpaired) electrons. The van der Waals surface area contributed by atoms with Crippen molar-refractivity contribution in [2.45, 2.75) is 58.6 Å². The molecule has 0 spiro atoms. The van der Waals surface area contributed by atoms with E-state index in [0.717, 1.165) is 38.0 Å². The smallest absolute Gasteiger partial charge is 0.315 e. The molecule has 1 aliphatic heterocycles. The summed E-state index contributed by atoms with van der Waals surface area (Å²) in [5, 5.41) is 9.41. The zero-order valence-corrected chi connectivity index (χ0v) is 15.0. The maximum atomic E-state index is 12.1. The first kappa shape index (κ1) is 16.7. The van der Waals surface area contributed by atoms with Gasteiger partial charge < -0.3 is 15.4 Å². The number of ether oxygens (including phenoxy) is 1. The summed E-state index contributed by atoms with van der Waals surface area (Å²) in [6, 6.07) is 0.187. The molecule has 3 rings (SSSR count). The fourth-order valence-electron chi connectivity index (χ4n) is 3.93. The number of nitrogens with zero attached hydrogens (tertiary/aromatic N) is 1. The highest BCUT2D eigenvalue weighted by atomic mass is 32.1. The number of rotatable bonds is 6. The van der Waals surface area contributed by atoms with Gasteiger partial charge in [0.25, 0.3) is 0 Å². The highest BCUT2D eigenvalue weighted by Crippen LogP contribution is 2.51. The lowest BCUT2D eigenvalue weighted by Crippen LogP contribution is -2.67. The van der Waals surface area contributed by atoms with Crippen molar-refractivity contribution in [1.29, 1.82) is 0 Å². The highest BCUT2D eigenvalue weighted by Gasteiger charge is 2.59. The molecule has 1 saturated carbocycles. The predicted octanol–water partition coefficient (Wildman–Crippen LogP) is 2.89. The minimum Gasteiger partial charge on any atom is -0.377 e. The van der Waals surface area contributed by atoms with E-state index < -0.39 is 0 Å². The number of hydrogen-bond donors (Lipinski definition) is 2. The Hall–Kier alpha value is -1.14. The van der Waals surface area contributed by atoms with Crippen molar-refractivity contribution < 1.29 is 9.53 Å². The molecule has 6 heteroatoms. The van der Waals surface area contributed by atoms with E-state index >= 15 is 0 Å². The second-order valence-corrected chi connectivity index (χ2v) is 8.23. The van der Waals surface area contributed by atoms with Gasteiger partial charge in [-0.05, 0) is 32.6 Å². The molecule has 5 nitrogen and oxygen atoms in total. The molecule has 0 unspecified atom stereocenters. The maximum Gasteiger partial charge on any atom is 0.315 e. The quantitative estimate of drug-likeness (QED) is 0.785. The van der Waals surface area contributed by atoms with Crippen LogP contribution in [0.1, 0.15) is 43.8 Å². The first-order chi connectivity index (χ1) is 11.0. The van der Waals surface area contributed by atoms with Gasteiger partial charge in [-0.25, -0.2) is 9.78 Å². The van der Waals surface area contributed by atoms with Gasteiger partial charge in [0.1, 0.15) is 0 Å². The molecule has 2 N–H and O–H groups in total. The predicted molar refractivity (Wildman–Crippen MR) is 91.7 cm³/mol. The summed E-state index contributed by atoms with van der Waals surface area (Å²) >= 11 is 1.72. The number of fused-ring (bicyclic) bond motifs is 1. The molecule has 0 aromatic carbocycles. The number of hydrogen-bond acceptors (Lipinski definition) is 4. The third-order valence-electron chi connectivity index (χ3n) is 5.16. The van der Waals surface area contributed by atoms with Crippen LogP contribution in [0.4, 0.5) is 4.79 Å². The van der Waals surface area contributed by atoms with Crippen molar-refractivity contribution in [1.82, 2.24) is 15.6 Å². The van der Waals surface area contributed by atoms with Gasteiger partial charge in [0.15, 0.2) is 0 Å². The Morgan fingerprint density at radius 2 is 2.30 bits per heavy atom. The second kappa shape index (κ2) is 6.77. The molecular formula is C17H27N3O2S. The van der Waals surface area contributed by atoms with Crippen molar-refractivity contribution >= 4 is 17.4 Å². The fraction of sp³-hybridized carbons (Fsp3) is 0.765. The van der Waals surface area contributed by atoms with Crippen LogP contribution in [0.15, 0.2) is 5.38 Å². The van der Waals surface area contributed by atoms with Crippen molar-refractivity contribution in [3.8, 4) is 0 Å². The summed E-state index contributed by atoms with van der Waals surface area (Å²) in [4.78, 5) is 16.5. The summed E-state index contributed by atoms with van der Waals surface area (Å²) in [6.45, 7) is 7.93. The van der Waals surface area contributed by atoms with Crippen LogP contribution in [-0.2, 0) is 11.2 Å². The molecular weight excluding hydrogens is 310 g/mol. The Morgan fingerprint density at radius 1 is 1.48 bits per heavy atom. The van der Waals surface area contributed by atoms with Crippen LogP contribution in [0, 0.1) is 18.3 Å². The minimum atomic E-state index is -0.0430. The largest absolute Gasteiger partial charge is 0.377 e.